The number of aromatic amines is 1. The maximum absolute atomic E-state index is 13.0. The Kier molecular flexibility index (Phi) is 3.56. The Balaban J connectivity index is 1.35. The minimum Gasteiger partial charge on any atom is -0.360 e. The van der Waals surface area contributed by atoms with Crippen molar-refractivity contribution in [2.24, 2.45) is 5.92 Å². The molecule has 0 spiro atoms. The van der Waals surface area contributed by atoms with E-state index in [0.29, 0.717) is 23.8 Å². The molecular weight excluding hydrogens is 348 g/mol. The average molecular weight is 366 g/mol. The van der Waals surface area contributed by atoms with Crippen LogP contribution in [-0.2, 0) is 17.8 Å². The molecule has 1 saturated carbocycles. The number of nitrogens with zero attached hydrogens (tertiary/aromatic N) is 2. The Morgan fingerprint density at radius 3 is 2.96 bits per heavy atom. The Morgan fingerprint density at radius 1 is 1.27 bits per heavy atom. The number of amides is 2. The fraction of sp³-hybridized carbons (Fsp3) is 0.316. The molecule has 7 heteroatoms. The van der Waals surface area contributed by atoms with E-state index >= 15 is 0 Å². The summed E-state index contributed by atoms with van der Waals surface area (Å²) in [5.41, 5.74) is 2.68. The Bertz CT molecular complexity index is 1020. The minimum absolute atomic E-state index is 0.0325. The van der Waals surface area contributed by atoms with Crippen molar-refractivity contribution in [3.63, 3.8) is 0 Å². The van der Waals surface area contributed by atoms with Gasteiger partial charge in [-0.15, -0.1) is 0 Å². The van der Waals surface area contributed by atoms with E-state index in [1.165, 1.54) is 11.3 Å². The summed E-state index contributed by atoms with van der Waals surface area (Å²) in [5, 5.41) is 4.53. The van der Waals surface area contributed by atoms with Gasteiger partial charge in [0.1, 0.15) is 0 Å². The van der Waals surface area contributed by atoms with E-state index < -0.39 is 0 Å². The predicted molar refractivity (Wildman–Crippen MR) is 100 cm³/mol. The molecule has 0 unspecified atom stereocenters. The molecule has 2 amide bonds. The van der Waals surface area contributed by atoms with Gasteiger partial charge in [-0.25, -0.2) is 4.98 Å². The number of anilines is 1. The van der Waals surface area contributed by atoms with Crippen molar-refractivity contribution in [3.05, 3.63) is 46.6 Å². The van der Waals surface area contributed by atoms with Gasteiger partial charge in [-0.3, -0.25) is 9.59 Å². The van der Waals surface area contributed by atoms with Crippen molar-refractivity contribution in [1.29, 1.82) is 0 Å². The molecular formula is C19H18N4O2S. The lowest BCUT2D eigenvalue weighted by Gasteiger charge is -2.25. The third-order valence-corrected chi connectivity index (χ3v) is 6.01. The van der Waals surface area contributed by atoms with Gasteiger partial charge < -0.3 is 15.2 Å². The van der Waals surface area contributed by atoms with Crippen LogP contribution in [-0.4, -0.2) is 33.2 Å². The van der Waals surface area contributed by atoms with Crippen molar-refractivity contribution in [1.82, 2.24) is 14.9 Å². The van der Waals surface area contributed by atoms with E-state index in [1.807, 2.05) is 29.2 Å². The van der Waals surface area contributed by atoms with Crippen LogP contribution < -0.4 is 5.32 Å². The number of hydrogen-bond acceptors (Lipinski definition) is 4. The highest BCUT2D eigenvalue weighted by molar-refractivity contribution is 7.15. The van der Waals surface area contributed by atoms with Gasteiger partial charge in [-0.2, -0.15) is 0 Å². The van der Waals surface area contributed by atoms with Crippen molar-refractivity contribution in [2.45, 2.75) is 25.8 Å². The smallest absolute Gasteiger partial charge is 0.256 e. The van der Waals surface area contributed by atoms with Crippen molar-refractivity contribution in [2.75, 3.05) is 11.9 Å². The molecule has 1 aromatic carbocycles. The summed E-state index contributed by atoms with van der Waals surface area (Å²) < 4.78 is 0. The average Bonchev–Trinajstić information content (AvgIpc) is 3.30. The van der Waals surface area contributed by atoms with Gasteiger partial charge in [0.15, 0.2) is 5.13 Å². The normalized spacial score (nSPS) is 16.5. The number of aromatic nitrogens is 2. The van der Waals surface area contributed by atoms with Crippen molar-refractivity contribution in [3.8, 4) is 0 Å². The first kappa shape index (κ1) is 15.6. The second-order valence-corrected chi connectivity index (χ2v) is 7.96. The second kappa shape index (κ2) is 5.95. The largest absolute Gasteiger partial charge is 0.360 e. The quantitative estimate of drug-likeness (QED) is 0.747. The standard InChI is InChI=1S/C19H18N4O2S/c24-17(11-5-6-11)22-19-21-15-7-8-23(10-16(15)26-19)18(25)13-9-20-14-4-2-1-3-12(13)14/h1-4,9,11,20H,5-8,10H2,(H,21,22,24). The van der Waals surface area contributed by atoms with Gasteiger partial charge in [-0.1, -0.05) is 29.5 Å². The summed E-state index contributed by atoms with van der Waals surface area (Å²) in [6.45, 7) is 1.19. The molecule has 1 fully saturated rings. The number of nitrogens with one attached hydrogen (secondary N) is 2. The number of H-pyrrole nitrogens is 1. The van der Waals surface area contributed by atoms with Crippen LogP contribution in [0.5, 0.6) is 0 Å². The van der Waals surface area contributed by atoms with Gasteiger partial charge in [0, 0.05) is 40.9 Å². The van der Waals surface area contributed by atoms with Crippen LogP contribution in [0.4, 0.5) is 5.13 Å². The van der Waals surface area contributed by atoms with Crippen LogP contribution in [0, 0.1) is 5.92 Å². The number of thiazole rings is 1. The SMILES string of the molecule is O=C(Nc1nc2c(s1)CN(C(=O)c1c[nH]c3ccccc13)CC2)C1CC1. The van der Waals surface area contributed by atoms with Gasteiger partial charge in [0.2, 0.25) is 5.91 Å². The first-order valence-corrected chi connectivity index (χ1v) is 9.65. The summed E-state index contributed by atoms with van der Waals surface area (Å²) in [5.74, 6) is 0.267. The number of benzene rings is 1. The molecule has 0 radical (unpaired) electrons. The lowest BCUT2D eigenvalue weighted by molar-refractivity contribution is -0.117. The second-order valence-electron chi connectivity index (χ2n) is 6.88. The predicted octanol–water partition coefficient (Wildman–Crippen LogP) is 3.17. The molecule has 6 nitrogen and oxygen atoms in total. The third kappa shape index (κ3) is 2.68. The Labute approximate surface area is 154 Å². The summed E-state index contributed by atoms with van der Waals surface area (Å²) in [6.07, 6.45) is 4.46. The zero-order valence-electron chi connectivity index (χ0n) is 14.1. The van der Waals surface area contributed by atoms with E-state index in [0.717, 1.165) is 40.7 Å². The summed E-state index contributed by atoms with van der Waals surface area (Å²) in [7, 11) is 0. The molecule has 2 aliphatic rings. The molecule has 2 N–H and O–H groups in total. The molecule has 132 valence electrons. The Hall–Kier alpha value is -2.67. The van der Waals surface area contributed by atoms with Crippen molar-refractivity contribution >= 4 is 39.2 Å². The lowest BCUT2D eigenvalue weighted by atomic mass is 10.1. The van der Waals surface area contributed by atoms with Crippen LogP contribution in [0.25, 0.3) is 10.9 Å². The molecule has 1 aliphatic carbocycles. The number of carbonyl (C=O) groups is 2. The van der Waals surface area contributed by atoms with E-state index in [1.54, 1.807) is 6.20 Å². The van der Waals surface area contributed by atoms with E-state index in [9.17, 15) is 9.59 Å². The van der Waals surface area contributed by atoms with Crippen LogP contribution in [0.15, 0.2) is 30.5 Å². The number of carbonyl (C=O) groups excluding carboxylic acids is 2. The molecule has 1 aliphatic heterocycles. The number of hydrogen-bond donors (Lipinski definition) is 2. The minimum atomic E-state index is 0.0325. The molecule has 3 aromatic rings. The third-order valence-electron chi connectivity index (χ3n) is 5.02. The van der Waals surface area contributed by atoms with Crippen LogP contribution in [0.1, 0.15) is 33.8 Å². The topological polar surface area (TPSA) is 78.1 Å². The molecule has 26 heavy (non-hydrogen) atoms. The zero-order chi connectivity index (χ0) is 17.7. The zero-order valence-corrected chi connectivity index (χ0v) is 14.9. The molecule has 3 heterocycles. The summed E-state index contributed by atoms with van der Waals surface area (Å²) in [6, 6.07) is 7.83. The lowest BCUT2D eigenvalue weighted by Crippen LogP contribution is -2.35. The highest BCUT2D eigenvalue weighted by Gasteiger charge is 2.31. The van der Waals surface area contributed by atoms with Gasteiger partial charge >= 0.3 is 0 Å². The monoisotopic (exact) mass is 366 g/mol. The highest BCUT2D eigenvalue weighted by atomic mass is 32.1. The number of fused-ring (bicyclic) bond motifs is 2. The summed E-state index contributed by atoms with van der Waals surface area (Å²) >= 11 is 1.49. The first-order chi connectivity index (χ1) is 12.7. The molecule has 2 aromatic heterocycles. The van der Waals surface area contributed by atoms with E-state index in [-0.39, 0.29) is 17.7 Å². The first-order valence-electron chi connectivity index (χ1n) is 8.84. The maximum atomic E-state index is 13.0. The fourth-order valence-corrected chi connectivity index (χ4v) is 4.42. The molecule has 0 atom stereocenters. The van der Waals surface area contributed by atoms with E-state index in [2.05, 4.69) is 15.3 Å². The van der Waals surface area contributed by atoms with Gasteiger partial charge in [-0.05, 0) is 18.9 Å². The molecule has 5 rings (SSSR count). The summed E-state index contributed by atoms with van der Waals surface area (Å²) in [4.78, 5) is 35.6. The number of para-hydroxylation sites is 1. The fourth-order valence-electron chi connectivity index (χ4n) is 3.39. The Morgan fingerprint density at radius 2 is 2.12 bits per heavy atom. The molecule has 0 bridgehead atoms. The van der Waals surface area contributed by atoms with Gasteiger partial charge in [0.25, 0.3) is 5.91 Å². The van der Waals surface area contributed by atoms with Crippen LogP contribution in [0.3, 0.4) is 0 Å². The number of rotatable bonds is 3. The van der Waals surface area contributed by atoms with Crippen LogP contribution >= 0.6 is 11.3 Å². The van der Waals surface area contributed by atoms with E-state index in [4.69, 9.17) is 0 Å². The highest BCUT2D eigenvalue weighted by Crippen LogP contribution is 2.33. The maximum Gasteiger partial charge on any atom is 0.256 e. The molecule has 0 saturated heterocycles. The van der Waals surface area contributed by atoms with Crippen LogP contribution in [0.2, 0.25) is 0 Å². The van der Waals surface area contributed by atoms with Crippen molar-refractivity contribution < 1.29 is 9.59 Å². The van der Waals surface area contributed by atoms with Gasteiger partial charge in [0.05, 0.1) is 17.8 Å².